The van der Waals surface area contributed by atoms with Crippen LogP contribution in [-0.2, 0) is 19.5 Å². The van der Waals surface area contributed by atoms with Crippen LogP contribution < -0.4 is 0 Å². The van der Waals surface area contributed by atoms with E-state index in [1.807, 2.05) is 0 Å². The molecule has 0 amide bonds. The molecule has 1 aromatic rings. The Morgan fingerprint density at radius 2 is 2.10 bits per heavy atom. The highest BCUT2D eigenvalue weighted by Crippen LogP contribution is 2.28. The molecule has 1 heterocycles. The zero-order valence-electron chi connectivity index (χ0n) is 12.4. The third kappa shape index (κ3) is 3.26. The second kappa shape index (κ2) is 6.39. The highest BCUT2D eigenvalue weighted by molar-refractivity contribution is 7.89. The van der Waals surface area contributed by atoms with Crippen LogP contribution in [0.1, 0.15) is 12.0 Å². The van der Waals surface area contributed by atoms with Crippen molar-refractivity contribution in [2.24, 2.45) is 0 Å². The summed E-state index contributed by atoms with van der Waals surface area (Å²) in [4.78, 5) is 0.0965. The fourth-order valence-corrected chi connectivity index (χ4v) is 4.31. The Morgan fingerprint density at radius 1 is 1.38 bits per heavy atom. The van der Waals surface area contributed by atoms with Gasteiger partial charge in [-0.3, -0.25) is 0 Å². The first-order valence-corrected chi connectivity index (χ1v) is 8.14. The summed E-state index contributed by atoms with van der Waals surface area (Å²) < 4.78 is 50.6. The van der Waals surface area contributed by atoms with E-state index in [2.05, 4.69) is 0 Å². The van der Waals surface area contributed by atoms with Gasteiger partial charge >= 0.3 is 0 Å². The smallest absolute Gasteiger partial charge is 0.243 e. The lowest BCUT2D eigenvalue weighted by molar-refractivity contribution is 0.110. The van der Waals surface area contributed by atoms with Crippen LogP contribution in [0.5, 0.6) is 0 Å². The molecule has 0 radical (unpaired) electrons. The minimum atomic E-state index is -3.69. The number of aryl methyl sites for hydroxylation is 1. The molecule has 0 aromatic heterocycles. The van der Waals surface area contributed by atoms with Gasteiger partial charge in [-0.1, -0.05) is 0 Å². The van der Waals surface area contributed by atoms with Gasteiger partial charge in [-0.2, -0.15) is 4.31 Å². The zero-order chi connectivity index (χ0) is 15.6. The lowest BCUT2D eigenvalue weighted by atomic mass is 10.2. The monoisotopic (exact) mass is 317 g/mol. The molecule has 2 rings (SSSR count). The van der Waals surface area contributed by atoms with Gasteiger partial charge in [0.25, 0.3) is 0 Å². The molecule has 0 unspecified atom stereocenters. The zero-order valence-corrected chi connectivity index (χ0v) is 13.2. The molecule has 1 aromatic carbocycles. The van der Waals surface area contributed by atoms with Crippen molar-refractivity contribution in [2.45, 2.75) is 30.4 Å². The number of sulfonamides is 1. The van der Waals surface area contributed by atoms with Crippen LogP contribution in [0.2, 0.25) is 0 Å². The molecule has 0 bridgehead atoms. The van der Waals surface area contributed by atoms with Crippen LogP contribution in [0.25, 0.3) is 0 Å². The van der Waals surface area contributed by atoms with Crippen LogP contribution >= 0.6 is 0 Å². The summed E-state index contributed by atoms with van der Waals surface area (Å²) >= 11 is 0. The van der Waals surface area contributed by atoms with Gasteiger partial charge in [0, 0.05) is 20.8 Å². The lowest BCUT2D eigenvalue weighted by Gasteiger charge is -2.23. The topological polar surface area (TPSA) is 55.8 Å². The van der Waals surface area contributed by atoms with E-state index in [1.54, 1.807) is 14.0 Å². The largest absolute Gasteiger partial charge is 0.383 e. The molecule has 118 valence electrons. The number of nitrogens with zero attached hydrogens (tertiary/aromatic N) is 1. The fraction of sp³-hybridized carbons (Fsp3) is 0.571. The van der Waals surface area contributed by atoms with Gasteiger partial charge in [0.05, 0.1) is 23.6 Å². The van der Waals surface area contributed by atoms with E-state index in [9.17, 15) is 12.8 Å². The predicted octanol–water partition coefficient (Wildman–Crippen LogP) is 1.56. The molecule has 0 aliphatic carbocycles. The summed E-state index contributed by atoms with van der Waals surface area (Å²) in [6.45, 7) is 2.13. The molecule has 0 saturated carbocycles. The van der Waals surface area contributed by atoms with E-state index < -0.39 is 15.8 Å². The van der Waals surface area contributed by atoms with Gasteiger partial charge in [0.1, 0.15) is 5.82 Å². The summed E-state index contributed by atoms with van der Waals surface area (Å²) in [5.41, 5.74) is 0.307. The maximum atomic E-state index is 13.3. The number of ether oxygens (including phenoxy) is 2. The Hall–Kier alpha value is -1.02. The summed E-state index contributed by atoms with van der Waals surface area (Å²) in [6, 6.07) is 3.56. The van der Waals surface area contributed by atoms with Crippen molar-refractivity contribution in [1.29, 1.82) is 0 Å². The number of rotatable bonds is 5. The first-order valence-electron chi connectivity index (χ1n) is 6.70. The Bertz CT molecular complexity index is 605. The Balaban J connectivity index is 2.34. The summed E-state index contributed by atoms with van der Waals surface area (Å²) in [5, 5.41) is 0. The van der Waals surface area contributed by atoms with E-state index in [0.29, 0.717) is 18.6 Å². The molecular formula is C14H20FNO4S. The summed E-state index contributed by atoms with van der Waals surface area (Å²) in [5.74, 6) is -0.418. The van der Waals surface area contributed by atoms with Crippen molar-refractivity contribution >= 4 is 10.0 Å². The lowest BCUT2D eigenvalue weighted by Crippen LogP contribution is -2.38. The van der Waals surface area contributed by atoms with Crippen LogP contribution in [0.3, 0.4) is 0 Å². The van der Waals surface area contributed by atoms with Gasteiger partial charge in [0.15, 0.2) is 0 Å². The van der Waals surface area contributed by atoms with Crippen molar-refractivity contribution in [1.82, 2.24) is 4.31 Å². The minimum Gasteiger partial charge on any atom is -0.383 e. The van der Waals surface area contributed by atoms with Gasteiger partial charge in [-0.05, 0) is 37.1 Å². The van der Waals surface area contributed by atoms with Gasteiger partial charge in [-0.25, -0.2) is 12.8 Å². The van der Waals surface area contributed by atoms with Crippen molar-refractivity contribution in [3.63, 3.8) is 0 Å². The number of hydrogen-bond acceptors (Lipinski definition) is 4. The molecule has 21 heavy (non-hydrogen) atoms. The normalized spacial score (nSPS) is 23.6. The minimum absolute atomic E-state index is 0.0965. The average Bonchev–Trinajstić information content (AvgIpc) is 2.86. The molecule has 0 N–H and O–H groups in total. The fourth-order valence-electron chi connectivity index (χ4n) is 2.57. The Morgan fingerprint density at radius 3 is 2.67 bits per heavy atom. The van der Waals surface area contributed by atoms with E-state index in [1.165, 1.54) is 29.6 Å². The first-order chi connectivity index (χ1) is 9.90. The maximum absolute atomic E-state index is 13.3. The van der Waals surface area contributed by atoms with Gasteiger partial charge in [-0.15, -0.1) is 0 Å². The molecule has 1 fully saturated rings. The molecule has 2 atom stereocenters. The van der Waals surface area contributed by atoms with E-state index >= 15 is 0 Å². The SMILES string of the molecule is COC[C@@H]1C[C@@H](OC)CN1S(=O)(=O)c1ccc(F)c(C)c1. The standard InChI is InChI=1S/C14H20FNO4S/c1-10-6-13(4-5-14(10)15)21(17,18)16-8-12(20-3)7-11(16)9-19-2/h4-6,11-12H,7-9H2,1-3H3/t11-,12+/m0/s1. The highest BCUT2D eigenvalue weighted by atomic mass is 32.2. The van der Waals surface area contributed by atoms with Crippen molar-refractivity contribution < 1.29 is 22.3 Å². The third-order valence-corrected chi connectivity index (χ3v) is 5.67. The van der Waals surface area contributed by atoms with Gasteiger partial charge in [0.2, 0.25) is 10.0 Å². The molecular weight excluding hydrogens is 297 g/mol. The van der Waals surface area contributed by atoms with E-state index in [4.69, 9.17) is 9.47 Å². The summed E-state index contributed by atoms with van der Waals surface area (Å²) in [7, 11) is -0.589. The predicted molar refractivity (Wildman–Crippen MR) is 76.1 cm³/mol. The van der Waals surface area contributed by atoms with Gasteiger partial charge < -0.3 is 9.47 Å². The second-order valence-corrected chi connectivity index (χ2v) is 7.08. The number of hydrogen-bond donors (Lipinski definition) is 0. The summed E-state index contributed by atoms with van der Waals surface area (Å²) in [6.07, 6.45) is 0.436. The Labute approximate surface area is 124 Å². The molecule has 1 aliphatic rings. The van der Waals surface area contributed by atoms with Crippen molar-refractivity contribution in [2.75, 3.05) is 27.4 Å². The Kier molecular flexibility index (Phi) is 4.98. The highest BCUT2D eigenvalue weighted by Gasteiger charge is 2.40. The molecule has 1 saturated heterocycles. The van der Waals surface area contributed by atoms with Crippen LogP contribution in [-0.4, -0.2) is 52.2 Å². The molecule has 7 heteroatoms. The van der Waals surface area contributed by atoms with Crippen LogP contribution in [0.4, 0.5) is 4.39 Å². The van der Waals surface area contributed by atoms with E-state index in [0.717, 1.165) is 0 Å². The molecule has 5 nitrogen and oxygen atoms in total. The van der Waals surface area contributed by atoms with E-state index in [-0.39, 0.29) is 23.6 Å². The van der Waals surface area contributed by atoms with Crippen LogP contribution in [0.15, 0.2) is 23.1 Å². The number of benzene rings is 1. The molecule has 1 aliphatic heterocycles. The second-order valence-electron chi connectivity index (χ2n) is 5.19. The van der Waals surface area contributed by atoms with Crippen molar-refractivity contribution in [3.05, 3.63) is 29.6 Å². The average molecular weight is 317 g/mol. The third-order valence-electron chi connectivity index (χ3n) is 3.75. The first kappa shape index (κ1) is 16.4. The number of halogens is 1. The van der Waals surface area contributed by atoms with Crippen LogP contribution in [0, 0.1) is 12.7 Å². The number of methoxy groups -OCH3 is 2. The molecule has 0 spiro atoms. The van der Waals surface area contributed by atoms with Crippen molar-refractivity contribution in [3.8, 4) is 0 Å². The maximum Gasteiger partial charge on any atom is 0.243 e. The quantitative estimate of drug-likeness (QED) is 0.827.